The van der Waals surface area contributed by atoms with Gasteiger partial charge in [-0.2, -0.15) is 0 Å². The van der Waals surface area contributed by atoms with Crippen LogP contribution in [0.3, 0.4) is 0 Å². The minimum Gasteiger partial charge on any atom is -0.354 e. The maximum absolute atomic E-state index is 10.2. The molecule has 90 valence electrons. The summed E-state index contributed by atoms with van der Waals surface area (Å²) in [5.41, 5.74) is 2.49. The number of anilines is 2. The largest absolute Gasteiger partial charge is 0.354 e. The molecule has 2 rings (SSSR count). The zero-order valence-corrected chi connectivity index (χ0v) is 9.48. The first kappa shape index (κ1) is 11.8. The molecule has 0 radical (unpaired) electrons. The molecule has 0 fully saturated rings. The summed E-state index contributed by atoms with van der Waals surface area (Å²) in [5, 5.41) is 13.4. The molecule has 1 heterocycles. The SMILES string of the molecule is O=[N+]([O-])/C=C/c1cccc(Nc2cccnc2)c1. The molecule has 0 aliphatic heterocycles. The molecule has 18 heavy (non-hydrogen) atoms. The van der Waals surface area contributed by atoms with Crippen LogP contribution in [0.2, 0.25) is 0 Å². The molecule has 1 aromatic heterocycles. The van der Waals surface area contributed by atoms with Crippen molar-refractivity contribution in [3.63, 3.8) is 0 Å². The highest BCUT2D eigenvalue weighted by atomic mass is 16.6. The molecule has 1 N–H and O–H groups in total. The van der Waals surface area contributed by atoms with Crippen LogP contribution in [0, 0.1) is 10.1 Å². The summed E-state index contributed by atoms with van der Waals surface area (Å²) < 4.78 is 0. The van der Waals surface area contributed by atoms with Gasteiger partial charge in [0.25, 0.3) is 0 Å². The van der Waals surface area contributed by atoms with Crippen LogP contribution >= 0.6 is 0 Å². The number of aromatic nitrogens is 1. The van der Waals surface area contributed by atoms with Crippen molar-refractivity contribution < 1.29 is 4.92 Å². The lowest BCUT2D eigenvalue weighted by atomic mass is 10.2. The molecule has 2 aromatic rings. The van der Waals surface area contributed by atoms with Gasteiger partial charge in [0.15, 0.2) is 0 Å². The van der Waals surface area contributed by atoms with Crippen LogP contribution in [0.1, 0.15) is 5.56 Å². The average Bonchev–Trinajstić information content (AvgIpc) is 2.38. The smallest absolute Gasteiger partial charge is 0.235 e. The van der Waals surface area contributed by atoms with Crippen LogP contribution < -0.4 is 5.32 Å². The molecular formula is C13H11N3O2. The van der Waals surface area contributed by atoms with Gasteiger partial charge in [-0.1, -0.05) is 12.1 Å². The number of nitrogens with zero attached hydrogens (tertiary/aromatic N) is 2. The van der Waals surface area contributed by atoms with Crippen LogP contribution in [-0.2, 0) is 0 Å². The van der Waals surface area contributed by atoms with Gasteiger partial charge in [0.05, 0.1) is 16.8 Å². The predicted molar refractivity (Wildman–Crippen MR) is 70.0 cm³/mol. The average molecular weight is 241 g/mol. The molecule has 0 atom stereocenters. The van der Waals surface area contributed by atoms with Crippen LogP contribution in [0.5, 0.6) is 0 Å². The van der Waals surface area contributed by atoms with Crippen molar-refractivity contribution in [2.24, 2.45) is 0 Å². The highest BCUT2D eigenvalue weighted by molar-refractivity contribution is 5.63. The number of rotatable bonds is 4. The minimum atomic E-state index is -0.485. The summed E-state index contributed by atoms with van der Waals surface area (Å²) >= 11 is 0. The summed E-state index contributed by atoms with van der Waals surface area (Å²) in [6.07, 6.45) is 5.78. The molecule has 5 nitrogen and oxygen atoms in total. The van der Waals surface area contributed by atoms with E-state index >= 15 is 0 Å². The molecule has 0 aliphatic carbocycles. The Morgan fingerprint density at radius 1 is 1.22 bits per heavy atom. The predicted octanol–water partition coefficient (Wildman–Crippen LogP) is 3.07. The Hall–Kier alpha value is -2.69. The summed E-state index contributed by atoms with van der Waals surface area (Å²) in [4.78, 5) is 13.8. The van der Waals surface area contributed by atoms with Crippen molar-refractivity contribution in [3.8, 4) is 0 Å². The van der Waals surface area contributed by atoms with Gasteiger partial charge in [0.1, 0.15) is 0 Å². The van der Waals surface area contributed by atoms with E-state index in [1.165, 1.54) is 6.08 Å². The van der Waals surface area contributed by atoms with Gasteiger partial charge in [0.2, 0.25) is 6.20 Å². The molecule has 0 aliphatic rings. The fourth-order valence-electron chi connectivity index (χ4n) is 1.47. The van der Waals surface area contributed by atoms with E-state index in [9.17, 15) is 10.1 Å². The van der Waals surface area contributed by atoms with Crippen molar-refractivity contribution in [2.75, 3.05) is 5.32 Å². The Morgan fingerprint density at radius 2 is 2.06 bits per heavy atom. The second-order valence-electron chi connectivity index (χ2n) is 3.59. The zero-order valence-electron chi connectivity index (χ0n) is 9.48. The summed E-state index contributed by atoms with van der Waals surface area (Å²) in [5.74, 6) is 0. The van der Waals surface area contributed by atoms with Gasteiger partial charge in [-0.25, -0.2) is 0 Å². The van der Waals surface area contributed by atoms with Crippen molar-refractivity contribution in [1.29, 1.82) is 0 Å². The van der Waals surface area contributed by atoms with Gasteiger partial charge in [-0.3, -0.25) is 15.1 Å². The minimum absolute atomic E-state index is 0.485. The normalized spacial score (nSPS) is 10.4. The first-order chi connectivity index (χ1) is 8.74. The van der Waals surface area contributed by atoms with Gasteiger partial charge in [-0.05, 0) is 29.8 Å². The van der Waals surface area contributed by atoms with Crippen LogP contribution in [0.15, 0.2) is 55.0 Å². The topological polar surface area (TPSA) is 68.1 Å². The standard InChI is InChI=1S/C13H11N3O2/c17-16(18)8-6-11-3-1-4-12(9-11)15-13-5-2-7-14-10-13/h1-10,15H/b8-6+. The van der Waals surface area contributed by atoms with Crippen molar-refractivity contribution in [2.45, 2.75) is 0 Å². The monoisotopic (exact) mass is 241 g/mol. The number of pyridine rings is 1. The molecule has 0 saturated heterocycles. The highest BCUT2D eigenvalue weighted by Crippen LogP contribution is 2.17. The zero-order chi connectivity index (χ0) is 12.8. The molecule has 0 saturated carbocycles. The van der Waals surface area contributed by atoms with Crippen LogP contribution in [0.4, 0.5) is 11.4 Å². The fraction of sp³-hybridized carbons (Fsp3) is 0. The third-order valence-corrected chi connectivity index (χ3v) is 2.23. The second-order valence-corrected chi connectivity index (χ2v) is 3.59. The molecule has 0 bridgehead atoms. The maximum Gasteiger partial charge on any atom is 0.235 e. The van der Waals surface area contributed by atoms with E-state index in [0.717, 1.165) is 23.1 Å². The van der Waals surface area contributed by atoms with Crippen molar-refractivity contribution in [3.05, 3.63) is 70.7 Å². The molecule has 0 amide bonds. The summed E-state index contributed by atoms with van der Waals surface area (Å²) in [6, 6.07) is 11.1. The van der Waals surface area contributed by atoms with E-state index < -0.39 is 4.92 Å². The molecule has 5 heteroatoms. The van der Waals surface area contributed by atoms with E-state index in [1.54, 1.807) is 18.5 Å². The number of nitro groups is 1. The van der Waals surface area contributed by atoms with E-state index in [1.807, 2.05) is 30.3 Å². The van der Waals surface area contributed by atoms with Crippen molar-refractivity contribution in [1.82, 2.24) is 4.98 Å². The Labute approximate surface area is 104 Å². The van der Waals surface area contributed by atoms with Gasteiger partial charge >= 0.3 is 0 Å². The molecular weight excluding hydrogens is 230 g/mol. The van der Waals surface area contributed by atoms with Gasteiger partial charge < -0.3 is 5.32 Å². The quantitative estimate of drug-likeness (QED) is 0.659. The molecule has 0 unspecified atom stereocenters. The number of hydrogen-bond acceptors (Lipinski definition) is 4. The van der Waals surface area contributed by atoms with Gasteiger partial charge in [-0.15, -0.1) is 0 Å². The number of nitrogens with one attached hydrogen (secondary N) is 1. The summed E-state index contributed by atoms with van der Waals surface area (Å²) in [6.45, 7) is 0. The third-order valence-electron chi connectivity index (χ3n) is 2.23. The number of hydrogen-bond donors (Lipinski definition) is 1. The maximum atomic E-state index is 10.2. The van der Waals surface area contributed by atoms with E-state index in [0.29, 0.717) is 0 Å². The third kappa shape index (κ3) is 3.41. The number of benzene rings is 1. The van der Waals surface area contributed by atoms with E-state index in [4.69, 9.17) is 0 Å². The van der Waals surface area contributed by atoms with E-state index in [-0.39, 0.29) is 0 Å². The Morgan fingerprint density at radius 3 is 2.78 bits per heavy atom. The summed E-state index contributed by atoms with van der Waals surface area (Å²) in [7, 11) is 0. The lowest BCUT2D eigenvalue weighted by molar-refractivity contribution is -0.400. The Kier molecular flexibility index (Phi) is 3.66. The Bertz CT molecular complexity index is 567. The lowest BCUT2D eigenvalue weighted by Crippen LogP contribution is -1.91. The van der Waals surface area contributed by atoms with Crippen LogP contribution in [-0.4, -0.2) is 9.91 Å². The second kappa shape index (κ2) is 5.58. The van der Waals surface area contributed by atoms with E-state index in [2.05, 4.69) is 10.3 Å². The van der Waals surface area contributed by atoms with Gasteiger partial charge in [0, 0.05) is 18.0 Å². The molecule has 0 spiro atoms. The fourth-order valence-corrected chi connectivity index (χ4v) is 1.47. The first-order valence-corrected chi connectivity index (χ1v) is 5.33. The van der Waals surface area contributed by atoms with Crippen LogP contribution in [0.25, 0.3) is 6.08 Å². The lowest BCUT2D eigenvalue weighted by Gasteiger charge is -2.05. The molecule has 1 aromatic carbocycles. The highest BCUT2D eigenvalue weighted by Gasteiger charge is 1.96. The Balaban J connectivity index is 2.15. The van der Waals surface area contributed by atoms with Crippen molar-refractivity contribution >= 4 is 17.5 Å². The first-order valence-electron chi connectivity index (χ1n) is 5.33.